The predicted molar refractivity (Wildman–Crippen MR) is 149 cm³/mol. The van der Waals surface area contributed by atoms with Crippen LogP contribution in [0, 0.1) is 0 Å². The minimum absolute atomic E-state index is 0.000954. The average Bonchev–Trinajstić information content (AvgIpc) is 2.83. The van der Waals surface area contributed by atoms with Gasteiger partial charge in [-0.1, -0.05) is 129 Å². The van der Waals surface area contributed by atoms with E-state index >= 15 is 0 Å². The number of aliphatic carboxylic acids is 1. The maximum absolute atomic E-state index is 12.5. The molecule has 0 radical (unpaired) electrons. The highest BCUT2D eigenvalue weighted by atomic mass is 16.5. The largest absolute Gasteiger partial charge is 0.481 e. The van der Waals surface area contributed by atoms with E-state index in [9.17, 15) is 9.59 Å². The third-order valence-corrected chi connectivity index (χ3v) is 7.08. The van der Waals surface area contributed by atoms with Gasteiger partial charge >= 0.3 is 11.9 Å². The van der Waals surface area contributed by atoms with Gasteiger partial charge in [0.15, 0.2) is 0 Å². The summed E-state index contributed by atoms with van der Waals surface area (Å²) in [5.41, 5.74) is 0. The Kier molecular flexibility index (Phi) is 26.7. The highest BCUT2D eigenvalue weighted by Gasteiger charge is 2.14. The van der Waals surface area contributed by atoms with Gasteiger partial charge in [-0.15, -0.1) is 0 Å². The van der Waals surface area contributed by atoms with Crippen LogP contribution in [-0.2, 0) is 14.3 Å². The molecule has 0 aromatic rings. The second-order valence-corrected chi connectivity index (χ2v) is 10.7. The number of ether oxygens (including phenoxy) is 1. The van der Waals surface area contributed by atoms with Gasteiger partial charge in [0.2, 0.25) is 0 Å². The molecule has 0 aliphatic rings. The molecular formula is C31H60O4. The van der Waals surface area contributed by atoms with Gasteiger partial charge in [-0.05, 0) is 38.5 Å². The number of hydrogen-bond donors (Lipinski definition) is 1. The van der Waals surface area contributed by atoms with Crippen LogP contribution in [0.25, 0.3) is 0 Å². The van der Waals surface area contributed by atoms with E-state index in [1.165, 1.54) is 89.9 Å². The zero-order valence-corrected chi connectivity index (χ0v) is 23.6. The molecule has 4 nitrogen and oxygen atoms in total. The van der Waals surface area contributed by atoms with Crippen LogP contribution in [0.15, 0.2) is 0 Å². The molecule has 0 aliphatic heterocycles. The van der Waals surface area contributed by atoms with Crippen LogP contribution in [0.5, 0.6) is 0 Å². The summed E-state index contributed by atoms with van der Waals surface area (Å²) in [6.07, 6.45) is 29.6. The fraction of sp³-hybridized carbons (Fsp3) is 0.935. The third-order valence-electron chi connectivity index (χ3n) is 7.08. The Morgan fingerprint density at radius 3 is 1.26 bits per heavy atom. The van der Waals surface area contributed by atoms with Crippen LogP contribution in [0.1, 0.15) is 181 Å². The Balaban J connectivity index is 4.04. The van der Waals surface area contributed by atoms with E-state index in [-0.39, 0.29) is 18.5 Å². The van der Waals surface area contributed by atoms with E-state index in [4.69, 9.17) is 9.84 Å². The number of hydrogen-bond acceptors (Lipinski definition) is 3. The zero-order chi connectivity index (χ0) is 25.8. The first-order valence-corrected chi connectivity index (χ1v) is 15.5. The molecule has 0 saturated carbocycles. The monoisotopic (exact) mass is 496 g/mol. The van der Waals surface area contributed by atoms with Crippen LogP contribution in [0.3, 0.4) is 0 Å². The Bertz CT molecular complexity index is 463. The van der Waals surface area contributed by atoms with Gasteiger partial charge in [0.05, 0.1) is 0 Å². The minimum atomic E-state index is -0.700. The third kappa shape index (κ3) is 27.4. The van der Waals surface area contributed by atoms with Crippen molar-refractivity contribution in [2.75, 3.05) is 0 Å². The van der Waals surface area contributed by atoms with E-state index < -0.39 is 5.97 Å². The van der Waals surface area contributed by atoms with Gasteiger partial charge in [-0.2, -0.15) is 0 Å². The Morgan fingerprint density at radius 2 is 0.857 bits per heavy atom. The first-order valence-electron chi connectivity index (χ1n) is 15.5. The lowest BCUT2D eigenvalue weighted by Crippen LogP contribution is -2.18. The Labute approximate surface area is 218 Å². The molecule has 0 bridgehead atoms. The maximum atomic E-state index is 12.5. The van der Waals surface area contributed by atoms with Crippen molar-refractivity contribution in [3.63, 3.8) is 0 Å². The summed E-state index contributed by atoms with van der Waals surface area (Å²) in [5, 5.41) is 8.74. The molecule has 35 heavy (non-hydrogen) atoms. The molecule has 0 spiro atoms. The van der Waals surface area contributed by atoms with Crippen molar-refractivity contribution in [2.24, 2.45) is 0 Å². The topological polar surface area (TPSA) is 63.6 Å². The van der Waals surface area contributed by atoms with Gasteiger partial charge < -0.3 is 9.84 Å². The van der Waals surface area contributed by atoms with Gasteiger partial charge in [0.25, 0.3) is 0 Å². The number of rotatable bonds is 28. The summed E-state index contributed by atoms with van der Waals surface area (Å²) < 4.78 is 5.92. The first kappa shape index (κ1) is 33.9. The standard InChI is InChI=1S/C31H60O4/c1-3-5-7-9-11-13-15-20-24-28-31(34)35-29(25-21-17-14-12-10-8-6-4-2)26-22-18-16-19-23-27-30(32)33/h29H,3-28H2,1-2H3,(H,32,33). The van der Waals surface area contributed by atoms with Gasteiger partial charge in [0.1, 0.15) is 6.10 Å². The van der Waals surface area contributed by atoms with E-state index in [1.54, 1.807) is 0 Å². The summed E-state index contributed by atoms with van der Waals surface area (Å²) in [5.74, 6) is -0.701. The fourth-order valence-corrected chi connectivity index (χ4v) is 4.77. The average molecular weight is 497 g/mol. The minimum Gasteiger partial charge on any atom is -0.481 e. The number of carbonyl (C=O) groups is 2. The lowest BCUT2D eigenvalue weighted by atomic mass is 10.0. The van der Waals surface area contributed by atoms with Crippen molar-refractivity contribution < 1.29 is 19.4 Å². The second kappa shape index (κ2) is 27.5. The Morgan fingerprint density at radius 1 is 0.514 bits per heavy atom. The van der Waals surface area contributed by atoms with Crippen molar-refractivity contribution in [1.29, 1.82) is 0 Å². The molecule has 4 heteroatoms. The number of carbonyl (C=O) groups excluding carboxylic acids is 1. The molecule has 1 N–H and O–H groups in total. The molecule has 1 unspecified atom stereocenters. The maximum Gasteiger partial charge on any atom is 0.306 e. The predicted octanol–water partition coefficient (Wildman–Crippen LogP) is 10.2. The highest BCUT2D eigenvalue weighted by Crippen LogP contribution is 2.18. The van der Waals surface area contributed by atoms with E-state index in [2.05, 4.69) is 13.8 Å². The first-order chi connectivity index (χ1) is 17.1. The molecule has 0 heterocycles. The molecule has 0 rings (SSSR count). The summed E-state index contributed by atoms with van der Waals surface area (Å²) in [6.45, 7) is 4.51. The summed E-state index contributed by atoms with van der Waals surface area (Å²) >= 11 is 0. The van der Waals surface area contributed by atoms with Crippen molar-refractivity contribution in [3.8, 4) is 0 Å². The van der Waals surface area contributed by atoms with Crippen LogP contribution in [-0.4, -0.2) is 23.1 Å². The molecule has 0 aromatic carbocycles. The summed E-state index contributed by atoms with van der Waals surface area (Å²) in [4.78, 5) is 23.1. The highest BCUT2D eigenvalue weighted by molar-refractivity contribution is 5.69. The molecule has 0 fully saturated rings. The van der Waals surface area contributed by atoms with Gasteiger partial charge in [-0.25, -0.2) is 0 Å². The van der Waals surface area contributed by atoms with Crippen LogP contribution < -0.4 is 0 Å². The molecule has 208 valence electrons. The Hall–Kier alpha value is -1.06. The fourth-order valence-electron chi connectivity index (χ4n) is 4.77. The molecule has 1 atom stereocenters. The smallest absolute Gasteiger partial charge is 0.306 e. The van der Waals surface area contributed by atoms with Crippen molar-refractivity contribution >= 4 is 11.9 Å². The molecular weight excluding hydrogens is 436 g/mol. The van der Waals surface area contributed by atoms with Crippen LogP contribution in [0.4, 0.5) is 0 Å². The lowest BCUT2D eigenvalue weighted by molar-refractivity contribution is -0.150. The van der Waals surface area contributed by atoms with Crippen molar-refractivity contribution in [3.05, 3.63) is 0 Å². The summed E-state index contributed by atoms with van der Waals surface area (Å²) in [6, 6.07) is 0. The van der Waals surface area contributed by atoms with Crippen LogP contribution in [0.2, 0.25) is 0 Å². The van der Waals surface area contributed by atoms with E-state index in [0.29, 0.717) is 6.42 Å². The number of carboxylic acids is 1. The van der Waals surface area contributed by atoms with E-state index in [1.807, 2.05) is 0 Å². The number of esters is 1. The molecule has 0 amide bonds. The zero-order valence-electron chi connectivity index (χ0n) is 23.6. The summed E-state index contributed by atoms with van der Waals surface area (Å²) in [7, 11) is 0. The van der Waals surface area contributed by atoms with Gasteiger partial charge in [-0.3, -0.25) is 9.59 Å². The normalized spacial score (nSPS) is 12.1. The quantitative estimate of drug-likeness (QED) is 0.0864. The second-order valence-electron chi connectivity index (χ2n) is 10.7. The van der Waals surface area contributed by atoms with Crippen molar-refractivity contribution in [1.82, 2.24) is 0 Å². The molecule has 0 saturated heterocycles. The number of carboxylic acid groups (broad SMARTS) is 1. The number of unbranched alkanes of at least 4 members (excludes halogenated alkanes) is 19. The molecule has 0 aromatic heterocycles. The molecule has 0 aliphatic carbocycles. The van der Waals surface area contributed by atoms with Crippen LogP contribution >= 0.6 is 0 Å². The van der Waals surface area contributed by atoms with E-state index in [0.717, 1.165) is 64.2 Å². The van der Waals surface area contributed by atoms with Crippen molar-refractivity contribution in [2.45, 2.75) is 187 Å². The lowest BCUT2D eigenvalue weighted by Gasteiger charge is -2.18. The SMILES string of the molecule is CCCCCCCCCCCC(=O)OC(CCCCCCCCCC)CCCCCCCC(=O)O. The van der Waals surface area contributed by atoms with Gasteiger partial charge in [0, 0.05) is 12.8 Å².